The van der Waals surface area contributed by atoms with E-state index in [2.05, 4.69) is 10.6 Å². The van der Waals surface area contributed by atoms with E-state index >= 15 is 0 Å². The number of carboxylic acids is 1. The Balaban J connectivity index is 1.72. The first-order valence-corrected chi connectivity index (χ1v) is 8.07. The summed E-state index contributed by atoms with van der Waals surface area (Å²) >= 11 is 0. The number of urea groups is 1. The minimum Gasteiger partial charge on any atom is -0.480 e. The van der Waals surface area contributed by atoms with Crippen molar-refractivity contribution in [2.75, 3.05) is 13.1 Å². The van der Waals surface area contributed by atoms with Gasteiger partial charge in [-0.05, 0) is 31.9 Å². The van der Waals surface area contributed by atoms with Gasteiger partial charge in [-0.15, -0.1) is 0 Å². The molecule has 0 spiro atoms. The number of rotatable bonds is 7. The molecule has 0 bridgehead atoms. The van der Waals surface area contributed by atoms with Gasteiger partial charge in [-0.3, -0.25) is 9.69 Å². The second kappa shape index (κ2) is 7.97. The SMILES string of the molecule is CCN(CC(=O)O)C1CC(NC(=O)N[C@@H](C)c2ccccc2)C1. The zero-order chi connectivity index (χ0) is 16.8. The standard InChI is InChI=1S/C17H25N3O3/c1-3-20(11-16(21)22)15-9-14(10-15)19-17(23)18-12(2)13-7-5-4-6-8-13/h4-8,12,14-15H,3,9-11H2,1-2H3,(H,21,22)(H2,18,19,23)/t12-,14?,15?/m0/s1. The Kier molecular flexibility index (Phi) is 5.98. The fourth-order valence-corrected chi connectivity index (χ4v) is 2.93. The van der Waals surface area contributed by atoms with Crippen LogP contribution in [0.5, 0.6) is 0 Å². The molecule has 0 unspecified atom stereocenters. The van der Waals surface area contributed by atoms with Gasteiger partial charge in [0.05, 0.1) is 12.6 Å². The predicted molar refractivity (Wildman–Crippen MR) is 88.2 cm³/mol. The van der Waals surface area contributed by atoms with Gasteiger partial charge in [0.15, 0.2) is 0 Å². The van der Waals surface area contributed by atoms with E-state index in [1.807, 2.05) is 49.1 Å². The highest BCUT2D eigenvalue weighted by atomic mass is 16.4. The Bertz CT molecular complexity index is 529. The van der Waals surface area contributed by atoms with Crippen LogP contribution in [0.4, 0.5) is 4.79 Å². The number of nitrogens with zero attached hydrogens (tertiary/aromatic N) is 1. The number of benzene rings is 1. The van der Waals surface area contributed by atoms with Gasteiger partial charge in [-0.1, -0.05) is 37.3 Å². The van der Waals surface area contributed by atoms with Crippen LogP contribution in [0, 0.1) is 0 Å². The first-order valence-electron chi connectivity index (χ1n) is 8.07. The molecule has 126 valence electrons. The predicted octanol–water partition coefficient (Wildman–Crippen LogP) is 1.98. The van der Waals surface area contributed by atoms with E-state index in [1.54, 1.807) is 0 Å². The van der Waals surface area contributed by atoms with Gasteiger partial charge in [0.25, 0.3) is 0 Å². The van der Waals surface area contributed by atoms with Crippen LogP contribution in [-0.2, 0) is 4.79 Å². The molecule has 23 heavy (non-hydrogen) atoms. The Morgan fingerprint density at radius 1 is 1.30 bits per heavy atom. The van der Waals surface area contributed by atoms with Crippen LogP contribution in [0.2, 0.25) is 0 Å². The van der Waals surface area contributed by atoms with Crippen molar-refractivity contribution in [1.82, 2.24) is 15.5 Å². The molecule has 0 aromatic heterocycles. The van der Waals surface area contributed by atoms with E-state index in [9.17, 15) is 9.59 Å². The molecule has 1 fully saturated rings. The lowest BCUT2D eigenvalue weighted by Gasteiger charge is -2.42. The summed E-state index contributed by atoms with van der Waals surface area (Å²) < 4.78 is 0. The first-order chi connectivity index (χ1) is 11.0. The summed E-state index contributed by atoms with van der Waals surface area (Å²) in [4.78, 5) is 24.8. The third-order valence-electron chi connectivity index (χ3n) is 4.36. The molecule has 0 aliphatic heterocycles. The zero-order valence-corrected chi connectivity index (χ0v) is 13.7. The van der Waals surface area contributed by atoms with Crippen molar-refractivity contribution in [3.63, 3.8) is 0 Å². The average molecular weight is 319 g/mol. The van der Waals surface area contributed by atoms with Gasteiger partial charge >= 0.3 is 12.0 Å². The molecule has 1 aromatic carbocycles. The number of amides is 2. The van der Waals surface area contributed by atoms with Crippen LogP contribution >= 0.6 is 0 Å². The molecule has 1 atom stereocenters. The molecule has 3 N–H and O–H groups in total. The lowest BCUT2D eigenvalue weighted by atomic mass is 9.85. The largest absolute Gasteiger partial charge is 0.480 e. The van der Waals surface area contributed by atoms with Gasteiger partial charge in [-0.25, -0.2) is 4.79 Å². The first kappa shape index (κ1) is 17.3. The van der Waals surface area contributed by atoms with Gasteiger partial charge in [0.1, 0.15) is 0 Å². The lowest BCUT2D eigenvalue weighted by molar-refractivity contribution is -0.139. The van der Waals surface area contributed by atoms with Gasteiger partial charge < -0.3 is 15.7 Å². The van der Waals surface area contributed by atoms with Crippen molar-refractivity contribution in [3.8, 4) is 0 Å². The Hall–Kier alpha value is -2.08. The van der Waals surface area contributed by atoms with E-state index in [-0.39, 0.29) is 30.7 Å². The van der Waals surface area contributed by atoms with Crippen molar-refractivity contribution >= 4 is 12.0 Å². The topological polar surface area (TPSA) is 81.7 Å². The van der Waals surface area contributed by atoms with Crippen molar-refractivity contribution in [1.29, 1.82) is 0 Å². The molecule has 6 nitrogen and oxygen atoms in total. The molecule has 1 aliphatic rings. The maximum atomic E-state index is 12.0. The minimum atomic E-state index is -0.808. The van der Waals surface area contributed by atoms with Crippen LogP contribution in [-0.4, -0.2) is 47.2 Å². The molecular formula is C17H25N3O3. The fourth-order valence-electron chi connectivity index (χ4n) is 2.93. The fraction of sp³-hybridized carbons (Fsp3) is 0.529. The quantitative estimate of drug-likeness (QED) is 0.718. The number of likely N-dealkylation sites (N-methyl/N-ethyl adjacent to an activating group) is 1. The average Bonchev–Trinajstić information content (AvgIpc) is 2.49. The molecule has 0 saturated heterocycles. The maximum Gasteiger partial charge on any atom is 0.317 e. The second-order valence-electron chi connectivity index (χ2n) is 6.03. The highest BCUT2D eigenvalue weighted by Crippen LogP contribution is 2.25. The molecule has 2 rings (SSSR count). The molecule has 1 aliphatic carbocycles. The van der Waals surface area contributed by atoms with E-state index in [4.69, 9.17) is 5.11 Å². The van der Waals surface area contributed by atoms with Crippen LogP contribution < -0.4 is 10.6 Å². The Morgan fingerprint density at radius 3 is 2.52 bits per heavy atom. The number of aliphatic carboxylic acids is 1. The normalized spacial score (nSPS) is 21.3. The minimum absolute atomic E-state index is 0.0498. The Morgan fingerprint density at radius 2 is 1.96 bits per heavy atom. The van der Waals surface area contributed by atoms with Gasteiger partial charge in [0.2, 0.25) is 0 Å². The third kappa shape index (κ3) is 4.96. The van der Waals surface area contributed by atoms with E-state index in [0.717, 1.165) is 18.4 Å². The van der Waals surface area contributed by atoms with Crippen LogP contribution in [0.15, 0.2) is 30.3 Å². The summed E-state index contributed by atoms with van der Waals surface area (Å²) in [6.45, 7) is 4.67. The number of hydrogen-bond donors (Lipinski definition) is 3. The molecular weight excluding hydrogens is 294 g/mol. The maximum absolute atomic E-state index is 12.0. The molecule has 0 heterocycles. The van der Waals surface area contributed by atoms with Crippen LogP contribution in [0.3, 0.4) is 0 Å². The zero-order valence-electron chi connectivity index (χ0n) is 13.7. The number of carbonyl (C=O) groups excluding carboxylic acids is 1. The van der Waals surface area contributed by atoms with Crippen LogP contribution in [0.25, 0.3) is 0 Å². The number of carboxylic acid groups (broad SMARTS) is 1. The third-order valence-corrected chi connectivity index (χ3v) is 4.36. The monoisotopic (exact) mass is 319 g/mol. The number of nitrogens with one attached hydrogen (secondary N) is 2. The number of carbonyl (C=O) groups is 2. The summed E-state index contributed by atoms with van der Waals surface area (Å²) in [7, 11) is 0. The van der Waals surface area contributed by atoms with E-state index < -0.39 is 5.97 Å². The van der Waals surface area contributed by atoms with Crippen molar-refractivity contribution < 1.29 is 14.7 Å². The Labute approximate surface area is 136 Å². The van der Waals surface area contributed by atoms with Gasteiger partial charge in [-0.2, -0.15) is 0 Å². The molecule has 6 heteroatoms. The molecule has 2 amide bonds. The molecule has 0 radical (unpaired) electrons. The molecule has 1 saturated carbocycles. The second-order valence-corrected chi connectivity index (χ2v) is 6.03. The summed E-state index contributed by atoms with van der Waals surface area (Å²) in [6.07, 6.45) is 1.60. The molecule has 1 aromatic rings. The highest BCUT2D eigenvalue weighted by molar-refractivity contribution is 5.75. The lowest BCUT2D eigenvalue weighted by Crippen LogP contribution is -2.56. The van der Waals surface area contributed by atoms with Gasteiger partial charge in [0, 0.05) is 12.1 Å². The summed E-state index contributed by atoms with van der Waals surface area (Å²) in [5.41, 5.74) is 1.06. The van der Waals surface area contributed by atoms with Crippen molar-refractivity contribution in [2.24, 2.45) is 0 Å². The summed E-state index contributed by atoms with van der Waals surface area (Å²) in [6, 6.07) is 9.94. The van der Waals surface area contributed by atoms with E-state index in [0.29, 0.717) is 6.54 Å². The number of hydrogen-bond acceptors (Lipinski definition) is 3. The smallest absolute Gasteiger partial charge is 0.317 e. The summed E-state index contributed by atoms with van der Waals surface area (Å²) in [5.74, 6) is -0.808. The van der Waals surface area contributed by atoms with Crippen molar-refractivity contribution in [3.05, 3.63) is 35.9 Å². The highest BCUT2D eigenvalue weighted by Gasteiger charge is 2.34. The van der Waals surface area contributed by atoms with Crippen LogP contribution in [0.1, 0.15) is 38.3 Å². The van der Waals surface area contributed by atoms with Crippen molar-refractivity contribution in [2.45, 2.75) is 44.8 Å². The summed E-state index contributed by atoms with van der Waals surface area (Å²) in [5, 5.41) is 14.8. The van der Waals surface area contributed by atoms with E-state index in [1.165, 1.54) is 0 Å².